The second-order valence-corrected chi connectivity index (χ2v) is 6.29. The zero-order chi connectivity index (χ0) is 14.2. The second-order valence-electron chi connectivity index (χ2n) is 3.80. The number of aryl methyl sites for hydroxylation is 1. The SMILES string of the molecule is CCc1ccsc1C(=O)c1c(Cl)cc(Cl)c(Cl)c1Cl. The van der Waals surface area contributed by atoms with Crippen LogP contribution in [0.5, 0.6) is 0 Å². The number of hydrogen-bond acceptors (Lipinski definition) is 2. The quantitative estimate of drug-likeness (QED) is 0.367. The molecule has 0 aliphatic rings. The topological polar surface area (TPSA) is 17.1 Å². The van der Waals surface area contributed by atoms with Crippen LogP contribution in [0.1, 0.15) is 27.7 Å². The van der Waals surface area contributed by atoms with Gasteiger partial charge in [-0.3, -0.25) is 4.79 Å². The van der Waals surface area contributed by atoms with E-state index in [0.29, 0.717) is 4.88 Å². The summed E-state index contributed by atoms with van der Waals surface area (Å²) in [6.45, 7) is 1.98. The summed E-state index contributed by atoms with van der Waals surface area (Å²) < 4.78 is 0. The molecule has 1 heterocycles. The molecular weight excluding hydrogens is 346 g/mol. The van der Waals surface area contributed by atoms with Crippen molar-refractivity contribution < 1.29 is 4.79 Å². The van der Waals surface area contributed by atoms with E-state index < -0.39 is 0 Å². The molecule has 2 rings (SSSR count). The van der Waals surface area contributed by atoms with E-state index in [-0.39, 0.29) is 31.4 Å². The van der Waals surface area contributed by atoms with Gasteiger partial charge in [0.2, 0.25) is 5.78 Å². The van der Waals surface area contributed by atoms with E-state index in [2.05, 4.69) is 0 Å². The number of ketones is 1. The fraction of sp³-hybridized carbons (Fsp3) is 0.154. The van der Waals surface area contributed by atoms with Crippen molar-refractivity contribution in [2.24, 2.45) is 0 Å². The van der Waals surface area contributed by atoms with Gasteiger partial charge in [0.25, 0.3) is 0 Å². The summed E-state index contributed by atoms with van der Waals surface area (Å²) in [7, 11) is 0. The van der Waals surface area contributed by atoms with E-state index in [9.17, 15) is 4.79 Å². The lowest BCUT2D eigenvalue weighted by atomic mass is 10.1. The van der Waals surface area contributed by atoms with Gasteiger partial charge in [0.1, 0.15) is 0 Å². The summed E-state index contributed by atoms with van der Waals surface area (Å²) in [6.07, 6.45) is 0.765. The molecule has 0 fully saturated rings. The molecule has 0 atom stereocenters. The molecule has 0 radical (unpaired) electrons. The fourth-order valence-electron chi connectivity index (χ4n) is 1.70. The number of rotatable bonds is 3. The highest BCUT2D eigenvalue weighted by Gasteiger charge is 2.23. The number of hydrogen-bond donors (Lipinski definition) is 0. The van der Waals surface area contributed by atoms with Crippen LogP contribution in [0.15, 0.2) is 17.5 Å². The Morgan fingerprint density at radius 2 is 1.84 bits per heavy atom. The van der Waals surface area contributed by atoms with Gasteiger partial charge < -0.3 is 0 Å². The van der Waals surface area contributed by atoms with Crippen molar-refractivity contribution in [2.75, 3.05) is 0 Å². The van der Waals surface area contributed by atoms with Crippen LogP contribution in [-0.4, -0.2) is 5.78 Å². The molecule has 1 aromatic carbocycles. The van der Waals surface area contributed by atoms with Crippen LogP contribution in [0, 0.1) is 0 Å². The molecule has 0 amide bonds. The van der Waals surface area contributed by atoms with Crippen LogP contribution in [0.4, 0.5) is 0 Å². The Hall–Kier alpha value is -0.250. The standard InChI is InChI=1S/C13H8Cl4OS/c1-2-6-3-4-19-13(6)12(18)9-7(14)5-8(15)10(16)11(9)17/h3-5H,2H2,1H3. The van der Waals surface area contributed by atoms with Gasteiger partial charge in [0, 0.05) is 0 Å². The van der Waals surface area contributed by atoms with Crippen LogP contribution in [0.3, 0.4) is 0 Å². The third-order valence-electron chi connectivity index (χ3n) is 2.68. The number of halogens is 4. The lowest BCUT2D eigenvalue weighted by Crippen LogP contribution is -2.04. The predicted octanol–water partition coefficient (Wildman–Crippen LogP) is 6.16. The highest BCUT2D eigenvalue weighted by Crippen LogP contribution is 2.39. The predicted molar refractivity (Wildman–Crippen MR) is 83.6 cm³/mol. The largest absolute Gasteiger partial charge is 0.288 e. The molecule has 0 bridgehead atoms. The zero-order valence-corrected chi connectivity index (χ0v) is 13.6. The van der Waals surface area contributed by atoms with E-state index in [0.717, 1.165) is 12.0 Å². The van der Waals surface area contributed by atoms with E-state index in [1.54, 1.807) is 0 Å². The Morgan fingerprint density at radius 3 is 2.47 bits per heavy atom. The smallest absolute Gasteiger partial charge is 0.206 e. The maximum atomic E-state index is 12.5. The van der Waals surface area contributed by atoms with Crippen LogP contribution < -0.4 is 0 Å². The normalized spacial score (nSPS) is 10.8. The van der Waals surface area contributed by atoms with Crippen molar-refractivity contribution in [1.29, 1.82) is 0 Å². The minimum atomic E-state index is -0.222. The summed E-state index contributed by atoms with van der Waals surface area (Å²) in [6, 6.07) is 3.35. The van der Waals surface area contributed by atoms with Crippen molar-refractivity contribution in [3.63, 3.8) is 0 Å². The van der Waals surface area contributed by atoms with Gasteiger partial charge in [0.05, 0.1) is 30.5 Å². The average Bonchev–Trinajstić information content (AvgIpc) is 2.84. The van der Waals surface area contributed by atoms with Crippen molar-refractivity contribution in [3.05, 3.63) is 53.6 Å². The molecular formula is C13H8Cl4OS. The van der Waals surface area contributed by atoms with Crippen LogP contribution >= 0.6 is 57.7 Å². The van der Waals surface area contributed by atoms with Crippen LogP contribution in [0.25, 0.3) is 0 Å². The molecule has 1 nitrogen and oxygen atoms in total. The number of carbonyl (C=O) groups excluding carboxylic acids is 1. The lowest BCUT2D eigenvalue weighted by Gasteiger charge is -2.09. The highest BCUT2D eigenvalue weighted by molar-refractivity contribution is 7.12. The summed E-state index contributed by atoms with van der Waals surface area (Å²) >= 11 is 25.4. The Balaban J connectivity index is 2.60. The van der Waals surface area contributed by atoms with E-state index in [1.165, 1.54) is 17.4 Å². The second kappa shape index (κ2) is 6.02. The molecule has 0 aliphatic heterocycles. The lowest BCUT2D eigenvalue weighted by molar-refractivity contribution is 0.104. The first-order valence-electron chi connectivity index (χ1n) is 5.41. The first-order chi connectivity index (χ1) is 8.97. The molecule has 0 N–H and O–H groups in total. The van der Waals surface area contributed by atoms with Crippen molar-refractivity contribution >= 4 is 63.5 Å². The zero-order valence-electron chi connectivity index (χ0n) is 9.77. The Kier molecular flexibility index (Phi) is 4.80. The number of thiophene rings is 1. The fourth-order valence-corrected chi connectivity index (χ4v) is 3.73. The third-order valence-corrected chi connectivity index (χ3v) is 5.19. The highest BCUT2D eigenvalue weighted by atomic mass is 35.5. The molecule has 0 aliphatic carbocycles. The van der Waals surface area contributed by atoms with Gasteiger partial charge in [-0.25, -0.2) is 0 Å². The maximum Gasteiger partial charge on any atom is 0.206 e. The van der Waals surface area contributed by atoms with Gasteiger partial charge in [-0.15, -0.1) is 11.3 Å². The molecule has 0 saturated heterocycles. The van der Waals surface area contributed by atoms with Gasteiger partial charge in [-0.2, -0.15) is 0 Å². The van der Waals surface area contributed by atoms with Gasteiger partial charge in [0.15, 0.2) is 0 Å². The summed E-state index contributed by atoms with van der Waals surface area (Å²) in [5.41, 5.74) is 1.17. The number of benzene rings is 1. The average molecular weight is 354 g/mol. The summed E-state index contributed by atoms with van der Waals surface area (Å²) in [4.78, 5) is 13.2. The molecule has 6 heteroatoms. The maximum absolute atomic E-state index is 12.5. The van der Waals surface area contributed by atoms with Crippen LogP contribution in [0.2, 0.25) is 20.1 Å². The minimum Gasteiger partial charge on any atom is -0.288 e. The molecule has 100 valence electrons. The first-order valence-corrected chi connectivity index (χ1v) is 7.80. The molecule has 1 aromatic heterocycles. The van der Waals surface area contributed by atoms with E-state index in [4.69, 9.17) is 46.4 Å². The van der Waals surface area contributed by atoms with Gasteiger partial charge in [-0.1, -0.05) is 53.3 Å². The Bertz CT molecular complexity index is 648. The van der Waals surface area contributed by atoms with Gasteiger partial charge in [-0.05, 0) is 29.5 Å². The van der Waals surface area contributed by atoms with Crippen molar-refractivity contribution in [1.82, 2.24) is 0 Å². The summed E-state index contributed by atoms with van der Waals surface area (Å²) in [5, 5.41) is 2.55. The molecule has 19 heavy (non-hydrogen) atoms. The Labute approximate surface area is 135 Å². The number of carbonyl (C=O) groups is 1. The first kappa shape index (κ1) is 15.1. The molecule has 2 aromatic rings. The van der Waals surface area contributed by atoms with E-state index in [1.807, 2.05) is 18.4 Å². The van der Waals surface area contributed by atoms with Crippen molar-refractivity contribution in [3.8, 4) is 0 Å². The molecule has 0 unspecified atom stereocenters. The minimum absolute atomic E-state index is 0.0969. The molecule has 0 spiro atoms. The monoisotopic (exact) mass is 352 g/mol. The van der Waals surface area contributed by atoms with E-state index >= 15 is 0 Å². The Morgan fingerprint density at radius 1 is 1.16 bits per heavy atom. The third kappa shape index (κ3) is 2.79. The molecule has 0 saturated carbocycles. The summed E-state index contributed by atoms with van der Waals surface area (Å²) in [5.74, 6) is -0.222. The van der Waals surface area contributed by atoms with Crippen molar-refractivity contribution in [2.45, 2.75) is 13.3 Å². The van der Waals surface area contributed by atoms with Crippen LogP contribution in [-0.2, 0) is 6.42 Å². The van der Waals surface area contributed by atoms with Gasteiger partial charge >= 0.3 is 0 Å².